The lowest BCUT2D eigenvalue weighted by molar-refractivity contribution is -0.134. The van der Waals surface area contributed by atoms with Gasteiger partial charge in [-0.25, -0.2) is 0 Å². The fourth-order valence-corrected chi connectivity index (χ4v) is 3.01. The highest BCUT2D eigenvalue weighted by Gasteiger charge is 2.14. The van der Waals surface area contributed by atoms with E-state index in [1.165, 1.54) is 25.3 Å². The van der Waals surface area contributed by atoms with Gasteiger partial charge in [-0.15, -0.1) is 0 Å². The Morgan fingerprint density at radius 2 is 1.62 bits per heavy atom. The first-order valence-electron chi connectivity index (χ1n) is 9.21. The van der Waals surface area contributed by atoms with Crippen molar-refractivity contribution in [3.05, 3.63) is 54.1 Å². The number of benzene rings is 2. The van der Waals surface area contributed by atoms with Crippen molar-refractivity contribution in [1.29, 1.82) is 0 Å². The quantitative estimate of drug-likeness (QED) is 0.210. The summed E-state index contributed by atoms with van der Waals surface area (Å²) in [4.78, 5) is 23.8. The van der Waals surface area contributed by atoms with Crippen LogP contribution in [-0.4, -0.2) is 11.2 Å². The predicted octanol–water partition coefficient (Wildman–Crippen LogP) is 6.39. The second-order valence-corrected chi connectivity index (χ2v) is 6.68. The zero-order valence-electron chi connectivity index (χ0n) is 15.2. The Balaban J connectivity index is 1.97. The summed E-state index contributed by atoms with van der Waals surface area (Å²) in [7, 11) is 0. The van der Waals surface area contributed by atoms with E-state index in [1.807, 2.05) is 30.3 Å². The van der Waals surface area contributed by atoms with Crippen molar-refractivity contribution in [3.8, 4) is 16.9 Å². The topological polar surface area (TPSA) is 43.4 Å². The number of carbonyl (C=O) groups is 2. The molecule has 0 bridgehead atoms. The third-order valence-corrected chi connectivity index (χ3v) is 4.46. The van der Waals surface area contributed by atoms with Crippen molar-refractivity contribution in [2.45, 2.75) is 51.9 Å². The van der Waals surface area contributed by atoms with Crippen LogP contribution < -0.4 is 4.74 Å². The van der Waals surface area contributed by atoms with Crippen LogP contribution in [0.3, 0.4) is 0 Å². The third-order valence-electron chi connectivity index (χ3n) is 4.25. The molecule has 26 heavy (non-hydrogen) atoms. The zero-order valence-corrected chi connectivity index (χ0v) is 15.9. The molecule has 0 amide bonds. The minimum absolute atomic E-state index is 0.277. The summed E-state index contributed by atoms with van der Waals surface area (Å²) in [5.41, 5.74) is 1.95. The van der Waals surface area contributed by atoms with E-state index in [1.54, 1.807) is 12.1 Å². The van der Waals surface area contributed by atoms with Crippen LogP contribution in [0.1, 0.15) is 62.2 Å². The number of ether oxygens (including phenoxy) is 1. The summed E-state index contributed by atoms with van der Waals surface area (Å²) in [6.07, 6.45) is 7.07. The van der Waals surface area contributed by atoms with Crippen LogP contribution in [-0.2, 0) is 4.79 Å². The van der Waals surface area contributed by atoms with Crippen molar-refractivity contribution < 1.29 is 14.3 Å². The van der Waals surface area contributed by atoms with E-state index < -0.39 is 5.24 Å². The van der Waals surface area contributed by atoms with Crippen molar-refractivity contribution in [2.24, 2.45) is 0 Å². The Labute approximate surface area is 160 Å². The highest BCUT2D eigenvalue weighted by Crippen LogP contribution is 2.29. The third kappa shape index (κ3) is 6.30. The average Bonchev–Trinajstić information content (AvgIpc) is 2.65. The van der Waals surface area contributed by atoms with Gasteiger partial charge in [-0.05, 0) is 47.3 Å². The molecule has 0 spiro atoms. The average molecular weight is 373 g/mol. The van der Waals surface area contributed by atoms with E-state index in [0.717, 1.165) is 30.4 Å². The summed E-state index contributed by atoms with van der Waals surface area (Å²) in [5, 5.41) is -0.572. The number of halogens is 1. The highest BCUT2D eigenvalue weighted by atomic mass is 35.5. The first-order valence-corrected chi connectivity index (χ1v) is 9.59. The first kappa shape index (κ1) is 20.2. The molecule has 0 aliphatic carbocycles. The van der Waals surface area contributed by atoms with Crippen molar-refractivity contribution in [1.82, 2.24) is 0 Å². The van der Waals surface area contributed by atoms with Gasteiger partial charge in [-0.3, -0.25) is 9.59 Å². The summed E-state index contributed by atoms with van der Waals surface area (Å²) in [6, 6.07) is 14.5. The van der Waals surface area contributed by atoms with Gasteiger partial charge >= 0.3 is 5.97 Å². The maximum absolute atomic E-state index is 12.0. The van der Waals surface area contributed by atoms with Crippen LogP contribution in [0.2, 0.25) is 0 Å². The van der Waals surface area contributed by atoms with Gasteiger partial charge in [0.05, 0.1) is 0 Å². The molecule has 0 saturated carbocycles. The maximum Gasteiger partial charge on any atom is 0.311 e. The molecule has 4 heteroatoms. The summed E-state index contributed by atoms with van der Waals surface area (Å²) < 4.78 is 5.37. The summed E-state index contributed by atoms with van der Waals surface area (Å²) >= 11 is 5.73. The van der Waals surface area contributed by atoms with E-state index in [9.17, 15) is 9.59 Å². The number of carbonyl (C=O) groups excluding carboxylic acids is 2. The van der Waals surface area contributed by atoms with Gasteiger partial charge < -0.3 is 4.74 Å². The number of unbranched alkanes of at least 4 members (excludes halogenated alkanes) is 5. The Kier molecular flexibility index (Phi) is 8.36. The van der Waals surface area contributed by atoms with Gasteiger partial charge in [0.1, 0.15) is 5.75 Å². The minimum Gasteiger partial charge on any atom is -0.427 e. The Bertz CT molecular complexity index is 725. The molecule has 0 saturated heterocycles. The largest absolute Gasteiger partial charge is 0.427 e. The molecule has 2 rings (SSSR count). The minimum atomic E-state index is -0.572. The van der Waals surface area contributed by atoms with E-state index in [0.29, 0.717) is 17.7 Å². The van der Waals surface area contributed by atoms with Gasteiger partial charge in [0.15, 0.2) is 0 Å². The molecule has 0 heterocycles. The van der Waals surface area contributed by atoms with E-state index >= 15 is 0 Å². The number of esters is 1. The lowest BCUT2D eigenvalue weighted by Gasteiger charge is -2.10. The van der Waals surface area contributed by atoms with Gasteiger partial charge in [0.25, 0.3) is 5.24 Å². The van der Waals surface area contributed by atoms with Crippen LogP contribution in [0, 0.1) is 0 Å². The Morgan fingerprint density at radius 3 is 2.31 bits per heavy atom. The second-order valence-electron chi connectivity index (χ2n) is 6.34. The number of hydrogen-bond acceptors (Lipinski definition) is 3. The molecule has 0 radical (unpaired) electrons. The van der Waals surface area contributed by atoms with Crippen LogP contribution >= 0.6 is 11.6 Å². The smallest absolute Gasteiger partial charge is 0.311 e. The Hall–Kier alpha value is -2.13. The standard InChI is InChI=1S/C22H25ClO3/c1-2-3-4-5-6-10-13-21(24)26-18-14-15-19(20(16-18)22(23)25)17-11-8-7-9-12-17/h7-9,11-12,14-16H,2-6,10,13H2,1H3. The van der Waals surface area contributed by atoms with Crippen LogP contribution in [0.5, 0.6) is 5.75 Å². The molecule has 0 unspecified atom stereocenters. The molecule has 0 aromatic heterocycles. The van der Waals surface area contributed by atoms with Gasteiger partial charge in [0, 0.05) is 12.0 Å². The fourth-order valence-electron chi connectivity index (χ4n) is 2.85. The predicted molar refractivity (Wildman–Crippen MR) is 106 cm³/mol. The van der Waals surface area contributed by atoms with Crippen molar-refractivity contribution in [3.63, 3.8) is 0 Å². The van der Waals surface area contributed by atoms with E-state index in [4.69, 9.17) is 16.3 Å². The second kappa shape index (κ2) is 10.8. The molecule has 3 nitrogen and oxygen atoms in total. The van der Waals surface area contributed by atoms with Crippen LogP contribution in [0.15, 0.2) is 48.5 Å². The van der Waals surface area contributed by atoms with Gasteiger partial charge in [-0.1, -0.05) is 69.4 Å². The lowest BCUT2D eigenvalue weighted by atomic mass is 10.00. The SMILES string of the molecule is CCCCCCCCC(=O)Oc1ccc(-c2ccccc2)c(C(=O)Cl)c1. The fraction of sp³-hybridized carbons (Fsp3) is 0.364. The molecule has 0 N–H and O–H groups in total. The monoisotopic (exact) mass is 372 g/mol. The van der Waals surface area contributed by atoms with Crippen molar-refractivity contribution >= 4 is 22.8 Å². The molecule has 2 aromatic rings. The van der Waals surface area contributed by atoms with Crippen LogP contribution in [0.25, 0.3) is 11.1 Å². The molecule has 0 atom stereocenters. The Morgan fingerprint density at radius 1 is 0.923 bits per heavy atom. The lowest BCUT2D eigenvalue weighted by Crippen LogP contribution is -2.08. The molecular formula is C22H25ClO3. The number of hydrogen-bond donors (Lipinski definition) is 0. The normalized spacial score (nSPS) is 10.5. The zero-order chi connectivity index (χ0) is 18.8. The molecule has 138 valence electrons. The molecule has 0 aliphatic heterocycles. The highest BCUT2D eigenvalue weighted by molar-refractivity contribution is 6.68. The van der Waals surface area contributed by atoms with Gasteiger partial charge in [0.2, 0.25) is 0 Å². The van der Waals surface area contributed by atoms with Crippen molar-refractivity contribution in [2.75, 3.05) is 0 Å². The number of rotatable bonds is 10. The van der Waals surface area contributed by atoms with Crippen LogP contribution in [0.4, 0.5) is 0 Å². The van der Waals surface area contributed by atoms with E-state index in [2.05, 4.69) is 6.92 Å². The summed E-state index contributed by atoms with van der Waals surface area (Å²) in [6.45, 7) is 2.18. The maximum atomic E-state index is 12.0. The summed E-state index contributed by atoms with van der Waals surface area (Å²) in [5.74, 6) is 0.0746. The molecular weight excluding hydrogens is 348 g/mol. The molecule has 2 aromatic carbocycles. The molecule has 0 fully saturated rings. The van der Waals surface area contributed by atoms with E-state index in [-0.39, 0.29) is 5.97 Å². The molecule has 0 aliphatic rings. The van der Waals surface area contributed by atoms with Gasteiger partial charge in [-0.2, -0.15) is 0 Å². The first-order chi connectivity index (χ1) is 12.6.